The molecule has 0 atom stereocenters. The van der Waals surface area contributed by atoms with E-state index in [-0.39, 0.29) is 17.2 Å². The maximum absolute atomic E-state index is 13.7. The van der Waals surface area contributed by atoms with Crippen molar-refractivity contribution in [3.63, 3.8) is 0 Å². The average Bonchev–Trinajstić information content (AvgIpc) is 2.79. The smallest absolute Gasteiger partial charge is 0.421 e. The first-order chi connectivity index (χ1) is 16.0. The number of aryl methyl sites for hydroxylation is 1. The molecular weight excluding hydrogens is 453 g/mol. The number of benzene rings is 2. The summed E-state index contributed by atoms with van der Waals surface area (Å²) in [6.07, 6.45) is -4.10. The molecule has 0 unspecified atom stereocenters. The van der Waals surface area contributed by atoms with Crippen molar-refractivity contribution in [1.82, 2.24) is 15.3 Å². The Morgan fingerprint density at radius 1 is 1.18 bits per heavy atom. The topological polar surface area (TPSA) is 112 Å². The number of anilines is 5. The van der Waals surface area contributed by atoms with Crippen molar-refractivity contribution in [2.24, 2.45) is 0 Å². The number of ether oxygens (including phenoxy) is 1. The summed E-state index contributed by atoms with van der Waals surface area (Å²) in [6.45, 7) is 1.66. The predicted molar refractivity (Wildman–Crippen MR) is 121 cm³/mol. The molecule has 1 heterocycles. The third-order valence-corrected chi connectivity index (χ3v) is 4.89. The van der Waals surface area contributed by atoms with Crippen LogP contribution in [0.1, 0.15) is 21.5 Å². The summed E-state index contributed by atoms with van der Waals surface area (Å²) in [7, 11) is 4.26. The first kappa shape index (κ1) is 24.6. The maximum Gasteiger partial charge on any atom is 0.421 e. The van der Waals surface area contributed by atoms with E-state index in [4.69, 9.17) is 4.74 Å². The van der Waals surface area contributed by atoms with Crippen molar-refractivity contribution in [2.45, 2.75) is 13.1 Å². The van der Waals surface area contributed by atoms with E-state index in [1.165, 1.54) is 33.3 Å². The van der Waals surface area contributed by atoms with Gasteiger partial charge in [-0.15, -0.1) is 0 Å². The van der Waals surface area contributed by atoms with Gasteiger partial charge >= 0.3 is 6.18 Å². The van der Waals surface area contributed by atoms with Gasteiger partial charge in [0.2, 0.25) is 5.95 Å². The van der Waals surface area contributed by atoms with Crippen LogP contribution in [0, 0.1) is 6.92 Å². The number of hydrogen-bond donors (Lipinski definition) is 4. The van der Waals surface area contributed by atoms with Crippen molar-refractivity contribution in [1.29, 1.82) is 0 Å². The third kappa shape index (κ3) is 5.29. The fraction of sp³-hybridized carbons (Fsp3) is 0.227. The van der Waals surface area contributed by atoms with Gasteiger partial charge in [-0.1, -0.05) is 12.1 Å². The lowest BCUT2D eigenvalue weighted by atomic mass is 10.1. The van der Waals surface area contributed by atoms with Crippen molar-refractivity contribution in [2.75, 3.05) is 36.9 Å². The van der Waals surface area contributed by atoms with Gasteiger partial charge in [0.1, 0.15) is 17.1 Å². The molecule has 0 aliphatic carbocycles. The lowest BCUT2D eigenvalue weighted by Crippen LogP contribution is -2.20. The number of para-hydroxylation sites is 1. The molecule has 0 aliphatic rings. The fourth-order valence-corrected chi connectivity index (χ4v) is 3.13. The van der Waals surface area contributed by atoms with E-state index in [0.29, 0.717) is 28.9 Å². The molecule has 1 amide bonds. The molecule has 0 saturated heterocycles. The molecule has 0 fully saturated rings. The van der Waals surface area contributed by atoms with Gasteiger partial charge in [0.05, 0.1) is 29.7 Å². The minimum atomic E-state index is -4.75. The van der Waals surface area contributed by atoms with Gasteiger partial charge in [-0.3, -0.25) is 15.1 Å². The zero-order valence-electron chi connectivity index (χ0n) is 18.8. The maximum atomic E-state index is 13.7. The fourth-order valence-electron chi connectivity index (χ4n) is 3.13. The van der Waals surface area contributed by atoms with Crippen LogP contribution in [0.5, 0.6) is 5.75 Å². The second-order valence-electron chi connectivity index (χ2n) is 7.19. The second-order valence-corrected chi connectivity index (χ2v) is 7.19. The normalized spacial score (nSPS) is 11.1. The Morgan fingerprint density at radius 2 is 1.91 bits per heavy atom. The first-order valence-corrected chi connectivity index (χ1v) is 9.95. The van der Waals surface area contributed by atoms with Gasteiger partial charge < -0.3 is 20.7 Å². The number of halogens is 3. The van der Waals surface area contributed by atoms with Crippen LogP contribution in [0.15, 0.2) is 42.6 Å². The molecule has 3 rings (SSSR count). The molecule has 0 saturated carbocycles. The number of hydrogen-bond acceptors (Lipinski definition) is 8. The molecule has 12 heteroatoms. The standard InChI is InChI=1S/C22H23F3N6O3/c1-12-6-5-7-14(20(32)26-2)18(12)29-19-15(22(23,24)25)11-27-21(30-19)28-16-9-8-13(31(3)33)10-17(16)34-4/h5-11,33H,1-4H3,(H,26,32)(H2,27,28,29,30). The highest BCUT2D eigenvalue weighted by Gasteiger charge is 2.36. The number of rotatable bonds is 7. The second kappa shape index (κ2) is 9.83. The minimum absolute atomic E-state index is 0.144. The molecule has 0 aliphatic heterocycles. The quantitative estimate of drug-likeness (QED) is 0.369. The minimum Gasteiger partial charge on any atom is -0.494 e. The Balaban J connectivity index is 2.05. The number of aromatic nitrogens is 2. The lowest BCUT2D eigenvalue weighted by Gasteiger charge is -2.18. The molecule has 0 bridgehead atoms. The number of methoxy groups -OCH3 is 1. The van der Waals surface area contributed by atoms with Crippen LogP contribution in [-0.2, 0) is 6.18 Å². The largest absolute Gasteiger partial charge is 0.494 e. The molecule has 180 valence electrons. The van der Waals surface area contributed by atoms with Crippen molar-refractivity contribution in [3.05, 3.63) is 59.3 Å². The Kier molecular flexibility index (Phi) is 7.11. The molecule has 0 spiro atoms. The van der Waals surface area contributed by atoms with Crippen molar-refractivity contribution < 1.29 is 27.9 Å². The molecule has 34 heavy (non-hydrogen) atoms. The van der Waals surface area contributed by atoms with E-state index < -0.39 is 23.5 Å². The molecule has 9 nitrogen and oxygen atoms in total. The van der Waals surface area contributed by atoms with E-state index in [1.54, 1.807) is 31.2 Å². The van der Waals surface area contributed by atoms with E-state index in [0.717, 1.165) is 5.06 Å². The van der Waals surface area contributed by atoms with Crippen LogP contribution in [0.2, 0.25) is 0 Å². The van der Waals surface area contributed by atoms with E-state index in [1.807, 2.05) is 0 Å². The van der Waals surface area contributed by atoms with E-state index >= 15 is 0 Å². The average molecular weight is 476 g/mol. The Bertz CT molecular complexity index is 1200. The highest BCUT2D eigenvalue weighted by atomic mass is 19.4. The van der Waals surface area contributed by atoms with Crippen LogP contribution in [0.3, 0.4) is 0 Å². The first-order valence-electron chi connectivity index (χ1n) is 9.95. The highest BCUT2D eigenvalue weighted by Crippen LogP contribution is 2.37. The van der Waals surface area contributed by atoms with Gasteiger partial charge in [0.25, 0.3) is 5.91 Å². The number of hydroxylamine groups is 1. The van der Waals surface area contributed by atoms with Crippen molar-refractivity contribution >= 4 is 34.7 Å². The SMILES string of the molecule is CNC(=O)c1cccc(C)c1Nc1nc(Nc2ccc(N(C)O)cc2OC)ncc1C(F)(F)F. The summed E-state index contributed by atoms with van der Waals surface area (Å²) in [4.78, 5) is 20.1. The Hall–Kier alpha value is -4.06. The van der Waals surface area contributed by atoms with Gasteiger partial charge in [-0.2, -0.15) is 18.2 Å². The van der Waals surface area contributed by atoms with Gasteiger partial charge in [0, 0.05) is 26.4 Å². The van der Waals surface area contributed by atoms with E-state index in [2.05, 4.69) is 25.9 Å². The van der Waals surface area contributed by atoms with Gasteiger partial charge in [0.15, 0.2) is 0 Å². The Morgan fingerprint density at radius 3 is 2.53 bits per heavy atom. The van der Waals surface area contributed by atoms with Crippen LogP contribution in [0.4, 0.5) is 42.0 Å². The molecule has 3 aromatic rings. The summed E-state index contributed by atoms with van der Waals surface area (Å²) in [6, 6.07) is 9.42. The molecule has 2 aromatic carbocycles. The number of carbonyl (C=O) groups excluding carboxylic acids is 1. The van der Waals surface area contributed by atoms with Crippen LogP contribution >= 0.6 is 0 Å². The van der Waals surface area contributed by atoms with Crippen LogP contribution in [-0.4, -0.2) is 42.3 Å². The molecule has 0 radical (unpaired) electrons. The predicted octanol–water partition coefficient (Wildman–Crippen LogP) is 4.48. The molecule has 4 N–H and O–H groups in total. The van der Waals surface area contributed by atoms with Crippen molar-refractivity contribution in [3.8, 4) is 5.75 Å². The molecule has 1 aromatic heterocycles. The summed E-state index contributed by atoms with van der Waals surface area (Å²) in [5.41, 5.74) is 0.584. The van der Waals surface area contributed by atoms with Gasteiger partial charge in [-0.05, 0) is 30.7 Å². The summed E-state index contributed by atoms with van der Waals surface area (Å²) >= 11 is 0. The number of nitrogens with one attached hydrogen (secondary N) is 3. The van der Waals surface area contributed by atoms with Crippen LogP contribution < -0.4 is 25.8 Å². The molecular formula is C22H23F3N6O3. The number of nitrogens with zero attached hydrogens (tertiary/aromatic N) is 3. The number of carbonyl (C=O) groups is 1. The third-order valence-electron chi connectivity index (χ3n) is 4.89. The summed E-state index contributed by atoms with van der Waals surface area (Å²) in [5, 5.41) is 18.4. The monoisotopic (exact) mass is 476 g/mol. The summed E-state index contributed by atoms with van der Waals surface area (Å²) < 4.78 is 46.4. The Labute approximate surface area is 193 Å². The zero-order valence-corrected chi connectivity index (χ0v) is 18.8. The highest BCUT2D eigenvalue weighted by molar-refractivity contribution is 6.00. The number of alkyl halides is 3. The summed E-state index contributed by atoms with van der Waals surface area (Å²) in [5.74, 6) is -0.841. The lowest BCUT2D eigenvalue weighted by molar-refractivity contribution is -0.137. The van der Waals surface area contributed by atoms with Crippen LogP contribution in [0.25, 0.3) is 0 Å². The number of amides is 1. The van der Waals surface area contributed by atoms with Gasteiger partial charge in [-0.25, -0.2) is 4.98 Å². The zero-order chi connectivity index (χ0) is 25.0. The van der Waals surface area contributed by atoms with E-state index in [9.17, 15) is 23.2 Å².